The number of hydrogen-bond acceptors (Lipinski definition) is 3. The van der Waals surface area contributed by atoms with Gasteiger partial charge in [0.15, 0.2) is 0 Å². The van der Waals surface area contributed by atoms with Crippen LogP contribution in [0.15, 0.2) is 24.4 Å². The maximum Gasteiger partial charge on any atom is 0.0896 e. The lowest BCUT2D eigenvalue weighted by Gasteiger charge is -2.30. The maximum absolute atomic E-state index is 5.88. The number of aromatic nitrogens is 1. The minimum absolute atomic E-state index is 0.183. The van der Waals surface area contributed by atoms with Crippen molar-refractivity contribution in [2.24, 2.45) is 5.73 Å². The van der Waals surface area contributed by atoms with Gasteiger partial charge >= 0.3 is 0 Å². The molecule has 0 saturated heterocycles. The van der Waals surface area contributed by atoms with Crippen molar-refractivity contribution in [3.63, 3.8) is 0 Å². The van der Waals surface area contributed by atoms with E-state index < -0.39 is 0 Å². The van der Waals surface area contributed by atoms with Crippen molar-refractivity contribution in [2.45, 2.75) is 38.9 Å². The summed E-state index contributed by atoms with van der Waals surface area (Å²) in [6.07, 6.45) is 3.65. The molecule has 0 aromatic carbocycles. The minimum atomic E-state index is -0.183. The second-order valence-corrected chi connectivity index (χ2v) is 3.70. The molecule has 0 radical (unpaired) electrons. The Bertz CT molecular complexity index is 262. The first-order chi connectivity index (χ1) is 7.26. The Hall–Kier alpha value is -0.930. The molecule has 0 aliphatic heterocycles. The molecule has 0 amide bonds. The summed E-state index contributed by atoms with van der Waals surface area (Å²) in [4.78, 5) is 4.22. The van der Waals surface area contributed by atoms with Crippen LogP contribution in [0.1, 0.15) is 32.4 Å². The molecule has 0 aliphatic carbocycles. The topological polar surface area (TPSA) is 48.1 Å². The molecule has 0 fully saturated rings. The van der Waals surface area contributed by atoms with Crippen LogP contribution in [0.4, 0.5) is 0 Å². The number of hydrogen-bond donors (Lipinski definition) is 1. The van der Waals surface area contributed by atoms with Crippen molar-refractivity contribution in [1.82, 2.24) is 4.98 Å². The Labute approximate surface area is 91.7 Å². The fourth-order valence-electron chi connectivity index (χ4n) is 1.51. The highest BCUT2D eigenvalue weighted by Gasteiger charge is 2.24. The first-order valence-corrected chi connectivity index (χ1v) is 5.50. The fourth-order valence-corrected chi connectivity index (χ4v) is 1.51. The highest BCUT2D eigenvalue weighted by Crippen LogP contribution is 2.20. The van der Waals surface area contributed by atoms with E-state index in [9.17, 15) is 0 Å². The predicted molar refractivity (Wildman–Crippen MR) is 61.4 cm³/mol. The largest absolute Gasteiger partial charge is 0.367 e. The molecule has 1 aromatic heterocycles. The van der Waals surface area contributed by atoms with E-state index in [0.29, 0.717) is 13.2 Å². The molecule has 84 valence electrons. The molecule has 0 atom stereocenters. The Kier molecular flexibility index (Phi) is 4.72. The molecule has 0 bridgehead atoms. The summed E-state index contributed by atoms with van der Waals surface area (Å²) >= 11 is 0. The van der Waals surface area contributed by atoms with Crippen LogP contribution in [0.25, 0.3) is 0 Å². The van der Waals surface area contributed by atoms with Gasteiger partial charge in [-0.25, -0.2) is 0 Å². The summed E-state index contributed by atoms with van der Waals surface area (Å²) in [5.74, 6) is 0. The van der Waals surface area contributed by atoms with Crippen LogP contribution in [0.5, 0.6) is 0 Å². The smallest absolute Gasteiger partial charge is 0.0896 e. The SMILES string of the molecule is CCC(CC)(CN)OCc1ccccn1. The van der Waals surface area contributed by atoms with Crippen molar-refractivity contribution in [2.75, 3.05) is 6.54 Å². The lowest BCUT2D eigenvalue weighted by molar-refractivity contribution is -0.0565. The van der Waals surface area contributed by atoms with Gasteiger partial charge in [0.05, 0.1) is 17.9 Å². The zero-order valence-corrected chi connectivity index (χ0v) is 9.57. The standard InChI is InChI=1S/C12H20N2O/c1-3-12(4-2,10-13)15-9-11-7-5-6-8-14-11/h5-8H,3-4,9-10,13H2,1-2H3. The Morgan fingerprint density at radius 2 is 2.07 bits per heavy atom. The second kappa shape index (κ2) is 5.83. The molecule has 0 spiro atoms. The van der Waals surface area contributed by atoms with Gasteiger partial charge in [0.2, 0.25) is 0 Å². The van der Waals surface area contributed by atoms with Gasteiger partial charge in [0.1, 0.15) is 0 Å². The van der Waals surface area contributed by atoms with Gasteiger partial charge in [-0.1, -0.05) is 19.9 Å². The van der Waals surface area contributed by atoms with Crippen molar-refractivity contribution in [3.8, 4) is 0 Å². The van der Waals surface area contributed by atoms with E-state index in [-0.39, 0.29) is 5.60 Å². The predicted octanol–water partition coefficient (Wildman–Crippen LogP) is 2.12. The molecule has 1 rings (SSSR count). The minimum Gasteiger partial charge on any atom is -0.367 e. The highest BCUT2D eigenvalue weighted by atomic mass is 16.5. The summed E-state index contributed by atoms with van der Waals surface area (Å²) in [5, 5.41) is 0. The van der Waals surface area contributed by atoms with Crippen LogP contribution in [-0.2, 0) is 11.3 Å². The number of ether oxygens (including phenoxy) is 1. The van der Waals surface area contributed by atoms with Crippen LogP contribution in [0.3, 0.4) is 0 Å². The Morgan fingerprint density at radius 1 is 1.33 bits per heavy atom. The first-order valence-electron chi connectivity index (χ1n) is 5.50. The molecule has 1 aromatic rings. The van der Waals surface area contributed by atoms with Gasteiger partial charge in [-0.15, -0.1) is 0 Å². The van der Waals surface area contributed by atoms with Gasteiger partial charge in [0, 0.05) is 12.7 Å². The van der Waals surface area contributed by atoms with E-state index in [2.05, 4.69) is 18.8 Å². The zero-order valence-electron chi connectivity index (χ0n) is 9.57. The molecule has 15 heavy (non-hydrogen) atoms. The summed E-state index contributed by atoms with van der Waals surface area (Å²) < 4.78 is 5.88. The van der Waals surface area contributed by atoms with E-state index in [1.807, 2.05) is 18.2 Å². The average molecular weight is 208 g/mol. The van der Waals surface area contributed by atoms with Crippen molar-refractivity contribution >= 4 is 0 Å². The third-order valence-corrected chi connectivity index (χ3v) is 2.91. The normalized spacial score (nSPS) is 11.7. The number of pyridine rings is 1. The van der Waals surface area contributed by atoms with Crippen LogP contribution in [0, 0.1) is 0 Å². The quantitative estimate of drug-likeness (QED) is 0.779. The third-order valence-electron chi connectivity index (χ3n) is 2.91. The lowest BCUT2D eigenvalue weighted by Crippen LogP contribution is -2.39. The van der Waals surface area contributed by atoms with Gasteiger partial charge in [-0.3, -0.25) is 4.98 Å². The maximum atomic E-state index is 5.88. The van der Waals surface area contributed by atoms with Crippen LogP contribution in [0.2, 0.25) is 0 Å². The number of nitrogens with two attached hydrogens (primary N) is 1. The molecule has 3 heteroatoms. The van der Waals surface area contributed by atoms with E-state index in [0.717, 1.165) is 18.5 Å². The van der Waals surface area contributed by atoms with Gasteiger partial charge in [-0.2, -0.15) is 0 Å². The molecule has 3 nitrogen and oxygen atoms in total. The molecule has 0 saturated carbocycles. The molecular weight excluding hydrogens is 188 g/mol. The van der Waals surface area contributed by atoms with Crippen LogP contribution >= 0.6 is 0 Å². The van der Waals surface area contributed by atoms with Crippen molar-refractivity contribution < 1.29 is 4.74 Å². The molecule has 0 unspecified atom stereocenters. The van der Waals surface area contributed by atoms with E-state index in [1.165, 1.54) is 0 Å². The van der Waals surface area contributed by atoms with Crippen LogP contribution in [-0.4, -0.2) is 17.1 Å². The average Bonchev–Trinajstić information content (AvgIpc) is 2.33. The van der Waals surface area contributed by atoms with Gasteiger partial charge in [0.25, 0.3) is 0 Å². The Balaban J connectivity index is 2.54. The zero-order chi connectivity index (χ0) is 11.1. The van der Waals surface area contributed by atoms with E-state index in [4.69, 9.17) is 10.5 Å². The summed E-state index contributed by atoms with van der Waals surface area (Å²) in [6.45, 7) is 5.32. The second-order valence-electron chi connectivity index (χ2n) is 3.70. The molecule has 2 N–H and O–H groups in total. The molecule has 1 heterocycles. The Morgan fingerprint density at radius 3 is 2.53 bits per heavy atom. The van der Waals surface area contributed by atoms with Gasteiger partial charge in [-0.05, 0) is 25.0 Å². The van der Waals surface area contributed by atoms with Crippen LogP contribution < -0.4 is 5.73 Å². The molecular formula is C12H20N2O. The first kappa shape index (κ1) is 12.1. The summed E-state index contributed by atoms with van der Waals surface area (Å²) in [6, 6.07) is 5.83. The fraction of sp³-hybridized carbons (Fsp3) is 0.583. The van der Waals surface area contributed by atoms with Crippen molar-refractivity contribution in [1.29, 1.82) is 0 Å². The summed E-state index contributed by atoms with van der Waals surface area (Å²) in [7, 11) is 0. The van der Waals surface area contributed by atoms with Crippen molar-refractivity contribution in [3.05, 3.63) is 30.1 Å². The number of nitrogens with zero attached hydrogens (tertiary/aromatic N) is 1. The van der Waals surface area contributed by atoms with Gasteiger partial charge < -0.3 is 10.5 Å². The van der Waals surface area contributed by atoms with E-state index in [1.54, 1.807) is 6.20 Å². The summed E-state index contributed by atoms with van der Waals surface area (Å²) in [5.41, 5.74) is 6.52. The number of rotatable bonds is 6. The highest BCUT2D eigenvalue weighted by molar-refractivity contribution is 5.02. The molecule has 0 aliphatic rings. The van der Waals surface area contributed by atoms with E-state index >= 15 is 0 Å². The lowest BCUT2D eigenvalue weighted by atomic mass is 9.97. The monoisotopic (exact) mass is 208 g/mol. The third kappa shape index (κ3) is 3.29.